The molecule has 2 N–H and O–H groups in total. The first kappa shape index (κ1) is 14.4. The third kappa shape index (κ3) is 2.94. The Morgan fingerprint density at radius 3 is 2.29 bits per heavy atom. The number of phenolic OH excluding ortho intramolecular Hbond substituents is 1. The molecule has 0 aromatic heterocycles. The van der Waals surface area contributed by atoms with Gasteiger partial charge in [-0.15, -0.1) is 0 Å². The number of nitrogens with zero attached hydrogens (tertiary/aromatic N) is 2. The average molecular weight is 299 g/mol. The second-order valence-corrected chi connectivity index (χ2v) is 5.71. The normalized spacial score (nSPS) is 10.4. The average Bonchev–Trinajstić information content (AvgIpc) is 2.47. The van der Waals surface area contributed by atoms with Crippen molar-refractivity contribution in [3.8, 4) is 17.9 Å². The molecule has 0 fully saturated rings. The van der Waals surface area contributed by atoms with Crippen molar-refractivity contribution in [2.75, 3.05) is 4.72 Å². The summed E-state index contributed by atoms with van der Waals surface area (Å²) >= 11 is 0. The number of nitrogens with one attached hydrogen (secondary N) is 1. The van der Waals surface area contributed by atoms with Gasteiger partial charge >= 0.3 is 0 Å². The zero-order chi connectivity index (χ0) is 15.5. The molecule has 0 spiro atoms. The Morgan fingerprint density at radius 1 is 1.00 bits per heavy atom. The third-order valence-corrected chi connectivity index (χ3v) is 4.10. The van der Waals surface area contributed by atoms with E-state index in [2.05, 4.69) is 4.72 Å². The largest absolute Gasteiger partial charge is 0.507 e. The van der Waals surface area contributed by atoms with Crippen LogP contribution in [0.25, 0.3) is 0 Å². The van der Waals surface area contributed by atoms with E-state index >= 15 is 0 Å². The lowest BCUT2D eigenvalue weighted by molar-refractivity contribution is 0.459. The van der Waals surface area contributed by atoms with Gasteiger partial charge in [0.05, 0.1) is 16.8 Å². The Labute approximate surface area is 121 Å². The van der Waals surface area contributed by atoms with Crippen LogP contribution in [0.1, 0.15) is 11.1 Å². The van der Waals surface area contributed by atoms with Crippen LogP contribution in [-0.2, 0) is 10.0 Å². The Bertz CT molecular complexity index is 877. The van der Waals surface area contributed by atoms with Gasteiger partial charge in [-0.2, -0.15) is 10.5 Å². The summed E-state index contributed by atoms with van der Waals surface area (Å²) < 4.78 is 26.6. The van der Waals surface area contributed by atoms with Gasteiger partial charge in [0.1, 0.15) is 22.8 Å². The number of nitriles is 2. The van der Waals surface area contributed by atoms with Crippen LogP contribution in [-0.4, -0.2) is 13.5 Å². The monoisotopic (exact) mass is 299 g/mol. The second kappa shape index (κ2) is 5.53. The van der Waals surface area contributed by atoms with Crippen LogP contribution in [0, 0.1) is 22.7 Å². The van der Waals surface area contributed by atoms with Crippen molar-refractivity contribution in [3.63, 3.8) is 0 Å². The van der Waals surface area contributed by atoms with E-state index in [1.807, 2.05) is 12.1 Å². The molecule has 0 atom stereocenters. The van der Waals surface area contributed by atoms with Crippen LogP contribution < -0.4 is 4.72 Å². The van der Waals surface area contributed by atoms with Crippen LogP contribution in [0.4, 0.5) is 5.69 Å². The number of hydrogen-bond acceptors (Lipinski definition) is 5. The molecule has 0 heterocycles. The molecule has 0 radical (unpaired) electrons. The molecular formula is C14H9N3O3S. The van der Waals surface area contributed by atoms with Gasteiger partial charge < -0.3 is 5.11 Å². The first-order valence-corrected chi connectivity index (χ1v) is 7.21. The van der Waals surface area contributed by atoms with E-state index in [1.165, 1.54) is 42.5 Å². The molecule has 0 aliphatic carbocycles. The maximum Gasteiger partial charge on any atom is 0.265 e. The highest BCUT2D eigenvalue weighted by Gasteiger charge is 2.18. The van der Waals surface area contributed by atoms with Crippen molar-refractivity contribution in [1.82, 2.24) is 0 Å². The van der Waals surface area contributed by atoms with E-state index < -0.39 is 10.0 Å². The Hall–Kier alpha value is -3.03. The summed E-state index contributed by atoms with van der Waals surface area (Å²) in [7, 11) is -3.98. The molecule has 104 valence electrons. The van der Waals surface area contributed by atoms with E-state index in [0.717, 1.165) is 0 Å². The number of phenols is 1. The van der Waals surface area contributed by atoms with E-state index in [9.17, 15) is 13.5 Å². The van der Waals surface area contributed by atoms with Crippen molar-refractivity contribution in [2.45, 2.75) is 4.90 Å². The standard InChI is InChI=1S/C14H9N3O3S/c15-8-10-5-6-12(7-11(10)9-16)17-21(19,20)14-4-2-1-3-13(14)18/h1-7,17-18H. The lowest BCUT2D eigenvalue weighted by atomic mass is 10.1. The number of benzene rings is 2. The lowest BCUT2D eigenvalue weighted by Crippen LogP contribution is -2.13. The predicted molar refractivity (Wildman–Crippen MR) is 74.8 cm³/mol. The van der Waals surface area contributed by atoms with Crippen LogP contribution in [0.5, 0.6) is 5.75 Å². The molecule has 0 saturated heterocycles. The summed E-state index contributed by atoms with van der Waals surface area (Å²) in [5.74, 6) is -0.376. The molecule has 0 bridgehead atoms. The SMILES string of the molecule is N#Cc1ccc(NS(=O)(=O)c2ccccc2O)cc1C#N. The van der Waals surface area contributed by atoms with Gasteiger partial charge in [0.25, 0.3) is 10.0 Å². The summed E-state index contributed by atoms with van der Waals surface area (Å²) in [6.07, 6.45) is 0. The van der Waals surface area contributed by atoms with Crippen LogP contribution in [0.2, 0.25) is 0 Å². The Morgan fingerprint density at radius 2 is 1.67 bits per heavy atom. The highest BCUT2D eigenvalue weighted by molar-refractivity contribution is 7.92. The number of hydrogen-bond donors (Lipinski definition) is 2. The fourth-order valence-electron chi connectivity index (χ4n) is 1.69. The number of sulfonamides is 1. The van der Waals surface area contributed by atoms with Crippen LogP contribution in [0.15, 0.2) is 47.4 Å². The minimum absolute atomic E-state index is 0.0648. The number of para-hydroxylation sites is 1. The van der Waals surface area contributed by atoms with Gasteiger partial charge in [-0.25, -0.2) is 8.42 Å². The first-order chi connectivity index (χ1) is 9.97. The molecule has 0 saturated carbocycles. The minimum Gasteiger partial charge on any atom is -0.507 e. The van der Waals surface area contributed by atoms with E-state index in [-0.39, 0.29) is 27.5 Å². The summed E-state index contributed by atoms with van der Waals surface area (Å²) in [5.41, 5.74) is 0.354. The quantitative estimate of drug-likeness (QED) is 0.898. The minimum atomic E-state index is -3.98. The number of rotatable bonds is 3. The zero-order valence-corrected chi connectivity index (χ0v) is 11.4. The van der Waals surface area contributed by atoms with Crippen molar-refractivity contribution in [3.05, 3.63) is 53.6 Å². The van der Waals surface area contributed by atoms with Crippen LogP contribution in [0.3, 0.4) is 0 Å². The van der Waals surface area contributed by atoms with E-state index in [1.54, 1.807) is 0 Å². The van der Waals surface area contributed by atoms with Crippen molar-refractivity contribution in [2.24, 2.45) is 0 Å². The van der Waals surface area contributed by atoms with Gasteiger partial charge in [0.2, 0.25) is 0 Å². The molecule has 21 heavy (non-hydrogen) atoms. The van der Waals surface area contributed by atoms with Gasteiger partial charge in [-0.05, 0) is 30.3 Å². The maximum atomic E-state index is 12.2. The topological polar surface area (TPSA) is 114 Å². The molecule has 6 nitrogen and oxygen atoms in total. The molecule has 2 rings (SSSR count). The number of aromatic hydroxyl groups is 1. The zero-order valence-electron chi connectivity index (χ0n) is 10.6. The molecule has 0 unspecified atom stereocenters. The van der Waals surface area contributed by atoms with Gasteiger partial charge in [-0.1, -0.05) is 12.1 Å². The molecule has 7 heteroatoms. The maximum absolute atomic E-state index is 12.2. The van der Waals surface area contributed by atoms with Crippen molar-refractivity contribution >= 4 is 15.7 Å². The smallest absolute Gasteiger partial charge is 0.265 e. The van der Waals surface area contributed by atoms with Gasteiger partial charge in [-0.3, -0.25) is 4.72 Å². The first-order valence-electron chi connectivity index (χ1n) is 5.73. The molecule has 0 aliphatic rings. The summed E-state index contributed by atoms with van der Waals surface area (Å²) in [6, 6.07) is 13.1. The summed E-state index contributed by atoms with van der Waals surface area (Å²) in [6.45, 7) is 0. The Kier molecular flexibility index (Phi) is 3.79. The highest BCUT2D eigenvalue weighted by atomic mass is 32.2. The molecule has 2 aromatic carbocycles. The molecular weight excluding hydrogens is 290 g/mol. The predicted octanol–water partition coefficient (Wildman–Crippen LogP) is 1.94. The molecule has 0 amide bonds. The second-order valence-electron chi connectivity index (χ2n) is 4.06. The van der Waals surface area contributed by atoms with Crippen LogP contribution >= 0.6 is 0 Å². The number of anilines is 1. The van der Waals surface area contributed by atoms with E-state index in [4.69, 9.17) is 10.5 Å². The van der Waals surface area contributed by atoms with Crippen molar-refractivity contribution < 1.29 is 13.5 Å². The van der Waals surface area contributed by atoms with Gasteiger partial charge in [0, 0.05) is 0 Å². The lowest BCUT2D eigenvalue weighted by Gasteiger charge is -2.09. The fourth-order valence-corrected chi connectivity index (χ4v) is 2.84. The highest BCUT2D eigenvalue weighted by Crippen LogP contribution is 2.25. The third-order valence-electron chi connectivity index (χ3n) is 2.67. The Balaban J connectivity index is 2.41. The van der Waals surface area contributed by atoms with Crippen molar-refractivity contribution in [1.29, 1.82) is 10.5 Å². The summed E-state index contributed by atoms with van der Waals surface area (Å²) in [5, 5.41) is 27.3. The van der Waals surface area contributed by atoms with Gasteiger partial charge in [0.15, 0.2) is 0 Å². The summed E-state index contributed by atoms with van der Waals surface area (Å²) in [4.78, 5) is -0.270. The fraction of sp³-hybridized carbons (Fsp3) is 0. The molecule has 2 aromatic rings. The molecule has 0 aliphatic heterocycles. The van der Waals surface area contributed by atoms with E-state index in [0.29, 0.717) is 0 Å².